The molecule has 0 spiro atoms. The van der Waals surface area contributed by atoms with Crippen molar-refractivity contribution in [3.8, 4) is 0 Å². The summed E-state index contributed by atoms with van der Waals surface area (Å²) in [5, 5.41) is 13.9. The average molecular weight is 497 g/mol. The molecule has 0 saturated heterocycles. The van der Waals surface area contributed by atoms with Crippen molar-refractivity contribution in [1.82, 2.24) is 15.0 Å². The van der Waals surface area contributed by atoms with E-state index in [0.717, 1.165) is 11.8 Å². The predicted octanol–water partition coefficient (Wildman–Crippen LogP) is 1.66. The first-order valence-corrected chi connectivity index (χ1v) is 12.1. The van der Waals surface area contributed by atoms with Crippen molar-refractivity contribution in [3.63, 3.8) is 0 Å². The summed E-state index contributed by atoms with van der Waals surface area (Å²) in [5.41, 5.74) is 1.20. The molecule has 10 nitrogen and oxygen atoms in total. The molecule has 0 bridgehead atoms. The quantitative estimate of drug-likeness (QED) is 0.351. The van der Waals surface area contributed by atoms with Crippen molar-refractivity contribution in [2.45, 2.75) is 17.7 Å². The Kier molecular flexibility index (Phi) is 8.29. The minimum atomic E-state index is -4.20. The Balaban J connectivity index is 1.63. The number of rotatable bonds is 9. The molecule has 2 aromatic carbocycles. The predicted molar refractivity (Wildman–Crippen MR) is 128 cm³/mol. The van der Waals surface area contributed by atoms with Gasteiger partial charge in [0.25, 0.3) is 21.8 Å². The molecule has 3 amide bonds. The molecule has 0 aliphatic rings. The van der Waals surface area contributed by atoms with Gasteiger partial charge < -0.3 is 15.7 Å². The van der Waals surface area contributed by atoms with E-state index in [-0.39, 0.29) is 35.2 Å². The molecule has 0 aliphatic heterocycles. The fraction of sp³-hybridized carbons (Fsp3) is 0.167. The molecule has 1 unspecified atom stereocenters. The number of amides is 3. The molecule has 35 heavy (non-hydrogen) atoms. The van der Waals surface area contributed by atoms with Gasteiger partial charge in [-0.05, 0) is 48.9 Å². The second-order valence-corrected chi connectivity index (χ2v) is 9.17. The van der Waals surface area contributed by atoms with Gasteiger partial charge in [0.15, 0.2) is 0 Å². The van der Waals surface area contributed by atoms with Crippen molar-refractivity contribution in [3.05, 3.63) is 89.7 Å². The van der Waals surface area contributed by atoms with Gasteiger partial charge in [0.05, 0.1) is 23.0 Å². The molecule has 1 heterocycles. The van der Waals surface area contributed by atoms with Gasteiger partial charge in [-0.25, -0.2) is 13.1 Å². The Hall–Kier alpha value is -4.09. The smallest absolute Gasteiger partial charge is 0.269 e. The minimum absolute atomic E-state index is 0.0112. The monoisotopic (exact) mass is 496 g/mol. The van der Waals surface area contributed by atoms with E-state index < -0.39 is 27.8 Å². The molecule has 3 aromatic rings. The maximum atomic E-state index is 12.6. The van der Waals surface area contributed by atoms with Gasteiger partial charge in [0.2, 0.25) is 5.91 Å². The number of nitrogens with zero attached hydrogens (tertiary/aromatic N) is 1. The van der Waals surface area contributed by atoms with Crippen LogP contribution in [-0.4, -0.2) is 49.4 Å². The lowest BCUT2D eigenvalue weighted by atomic mass is 10.0. The molecule has 11 heteroatoms. The van der Waals surface area contributed by atoms with E-state index in [0.29, 0.717) is 5.69 Å². The Morgan fingerprint density at radius 2 is 1.63 bits per heavy atom. The molecule has 0 aliphatic carbocycles. The maximum absolute atomic E-state index is 12.6. The van der Waals surface area contributed by atoms with Crippen LogP contribution in [0.3, 0.4) is 0 Å². The molecular weight excluding hydrogens is 472 g/mol. The number of hydrogen-bond donors (Lipinski definition) is 4. The summed E-state index contributed by atoms with van der Waals surface area (Å²) in [4.78, 5) is 40.3. The van der Waals surface area contributed by atoms with Crippen LogP contribution in [0.25, 0.3) is 0 Å². The number of benzene rings is 2. The lowest BCUT2D eigenvalue weighted by Gasteiger charge is -2.13. The highest BCUT2D eigenvalue weighted by Crippen LogP contribution is 2.19. The number of carbonyl (C=O) groups is 3. The zero-order valence-electron chi connectivity index (χ0n) is 18.8. The molecule has 0 fully saturated rings. The van der Waals surface area contributed by atoms with Crippen LogP contribution in [0.2, 0.25) is 0 Å². The fourth-order valence-corrected chi connectivity index (χ4v) is 4.00. The minimum Gasteiger partial charge on any atom is -0.395 e. The van der Waals surface area contributed by atoms with E-state index in [1.54, 1.807) is 6.92 Å². The van der Waals surface area contributed by atoms with Crippen LogP contribution in [0.1, 0.15) is 39.3 Å². The second kappa shape index (κ2) is 11.4. The van der Waals surface area contributed by atoms with E-state index in [1.807, 2.05) is 35.1 Å². The Labute approximate surface area is 202 Å². The molecule has 182 valence electrons. The number of aliphatic hydroxyl groups excluding tert-OH is 1. The summed E-state index contributed by atoms with van der Waals surface area (Å²) < 4.78 is 27.2. The van der Waals surface area contributed by atoms with Gasteiger partial charge in [-0.15, -0.1) is 0 Å². The number of anilines is 1. The molecule has 0 saturated carbocycles. The van der Waals surface area contributed by atoms with E-state index in [1.165, 1.54) is 36.4 Å². The number of sulfonamides is 1. The van der Waals surface area contributed by atoms with Crippen LogP contribution in [0.4, 0.5) is 5.69 Å². The van der Waals surface area contributed by atoms with Gasteiger partial charge in [-0.2, -0.15) is 0 Å². The first kappa shape index (κ1) is 25.5. The van der Waals surface area contributed by atoms with Gasteiger partial charge in [-0.3, -0.25) is 19.4 Å². The Bertz CT molecular complexity index is 1290. The molecule has 1 aromatic heterocycles. The zero-order chi connectivity index (χ0) is 25.4. The number of nitrogens with one attached hydrogen (secondary N) is 3. The average Bonchev–Trinajstić information content (AvgIpc) is 2.87. The lowest BCUT2D eigenvalue weighted by molar-refractivity contribution is -0.117. The first-order chi connectivity index (χ1) is 16.7. The third-order valence-corrected chi connectivity index (χ3v) is 6.35. The molecule has 4 N–H and O–H groups in total. The largest absolute Gasteiger partial charge is 0.395 e. The van der Waals surface area contributed by atoms with Crippen molar-refractivity contribution in [2.75, 3.05) is 18.5 Å². The standard InChI is InChI=1S/C24H24N4O6S/c1-16(17-5-3-2-4-6-17)22(30)27-19-8-10-20(11-9-19)35(33,34)28-23(31)18-7-12-21(26-15-18)24(32)25-13-14-29/h2-12,15-16,29H,13-14H2,1H3,(H,25,32)(H,27,30)(H,28,31). The van der Waals surface area contributed by atoms with Crippen LogP contribution in [0.15, 0.2) is 77.8 Å². The summed E-state index contributed by atoms with van der Waals surface area (Å²) in [6.07, 6.45) is 1.07. The highest BCUT2D eigenvalue weighted by molar-refractivity contribution is 7.90. The summed E-state index contributed by atoms with van der Waals surface area (Å²) in [7, 11) is -4.20. The molecule has 1 atom stereocenters. The second-order valence-electron chi connectivity index (χ2n) is 7.49. The molecular formula is C24H24N4O6S. The Morgan fingerprint density at radius 3 is 2.23 bits per heavy atom. The first-order valence-electron chi connectivity index (χ1n) is 10.6. The van der Waals surface area contributed by atoms with Gasteiger partial charge >= 0.3 is 0 Å². The molecule has 0 radical (unpaired) electrons. The van der Waals surface area contributed by atoms with Crippen molar-refractivity contribution in [2.24, 2.45) is 0 Å². The molecule has 3 rings (SSSR count). The van der Waals surface area contributed by atoms with E-state index in [2.05, 4.69) is 15.6 Å². The van der Waals surface area contributed by atoms with Crippen LogP contribution in [0.5, 0.6) is 0 Å². The highest BCUT2D eigenvalue weighted by Gasteiger charge is 2.20. The van der Waals surface area contributed by atoms with Gasteiger partial charge in [-0.1, -0.05) is 30.3 Å². The summed E-state index contributed by atoms with van der Waals surface area (Å²) >= 11 is 0. The third kappa shape index (κ3) is 6.71. The number of aromatic nitrogens is 1. The van der Waals surface area contributed by atoms with Crippen LogP contribution in [-0.2, 0) is 14.8 Å². The summed E-state index contributed by atoms with van der Waals surface area (Å²) in [6, 6.07) is 17.1. The normalized spacial score (nSPS) is 11.8. The lowest BCUT2D eigenvalue weighted by Crippen LogP contribution is -2.31. The topological polar surface area (TPSA) is 155 Å². The summed E-state index contributed by atoms with van der Waals surface area (Å²) in [5.74, 6) is -2.11. The SMILES string of the molecule is CC(C(=O)Nc1ccc(S(=O)(=O)NC(=O)c2ccc(C(=O)NCCO)nc2)cc1)c1ccccc1. The van der Waals surface area contributed by atoms with Crippen LogP contribution >= 0.6 is 0 Å². The third-order valence-electron chi connectivity index (χ3n) is 5.01. The van der Waals surface area contributed by atoms with Crippen LogP contribution in [0, 0.1) is 0 Å². The van der Waals surface area contributed by atoms with Crippen molar-refractivity contribution in [1.29, 1.82) is 0 Å². The highest BCUT2D eigenvalue weighted by atomic mass is 32.2. The van der Waals surface area contributed by atoms with E-state index in [4.69, 9.17) is 5.11 Å². The summed E-state index contributed by atoms with van der Waals surface area (Å²) in [6.45, 7) is 1.59. The fourth-order valence-electron chi connectivity index (χ4n) is 3.02. The van der Waals surface area contributed by atoms with Crippen LogP contribution < -0.4 is 15.4 Å². The Morgan fingerprint density at radius 1 is 0.943 bits per heavy atom. The number of aliphatic hydroxyl groups is 1. The van der Waals surface area contributed by atoms with Gasteiger partial charge in [0, 0.05) is 18.4 Å². The van der Waals surface area contributed by atoms with E-state index in [9.17, 15) is 22.8 Å². The number of pyridine rings is 1. The zero-order valence-corrected chi connectivity index (χ0v) is 19.6. The van der Waals surface area contributed by atoms with Crippen molar-refractivity contribution < 1.29 is 27.9 Å². The number of carbonyl (C=O) groups excluding carboxylic acids is 3. The van der Waals surface area contributed by atoms with Crippen molar-refractivity contribution >= 4 is 33.4 Å². The maximum Gasteiger partial charge on any atom is 0.269 e. The number of hydrogen-bond acceptors (Lipinski definition) is 7. The van der Waals surface area contributed by atoms with E-state index >= 15 is 0 Å². The van der Waals surface area contributed by atoms with Gasteiger partial charge in [0.1, 0.15) is 5.69 Å².